The monoisotopic (exact) mass is 432 g/mol. The van der Waals surface area contributed by atoms with Crippen molar-refractivity contribution in [2.45, 2.75) is 110 Å². The van der Waals surface area contributed by atoms with Crippen molar-refractivity contribution in [2.24, 2.45) is 23.2 Å². The zero-order chi connectivity index (χ0) is 23.0. The van der Waals surface area contributed by atoms with Crippen LogP contribution in [-0.2, 0) is 0 Å². The summed E-state index contributed by atoms with van der Waals surface area (Å²) in [5, 5.41) is 40.7. The minimum absolute atomic E-state index is 0.195. The first kappa shape index (κ1) is 24.7. The molecule has 0 bridgehead atoms. The quantitative estimate of drug-likeness (QED) is 0.471. The van der Waals surface area contributed by atoms with Gasteiger partial charge in [0.25, 0.3) is 0 Å². The molecule has 4 N–H and O–H groups in total. The molecule has 31 heavy (non-hydrogen) atoms. The van der Waals surface area contributed by atoms with Crippen LogP contribution in [-0.4, -0.2) is 44.3 Å². The Morgan fingerprint density at radius 3 is 2.58 bits per heavy atom. The van der Waals surface area contributed by atoms with Gasteiger partial charge in [-0.2, -0.15) is 0 Å². The summed E-state index contributed by atoms with van der Waals surface area (Å²) < 4.78 is 0. The summed E-state index contributed by atoms with van der Waals surface area (Å²) in [5.74, 6) is 1.87. The molecule has 0 aliphatic heterocycles. The molecule has 0 aromatic rings. The molecule has 3 rings (SSSR count). The third-order valence-electron chi connectivity index (χ3n) is 8.57. The average Bonchev–Trinajstić information content (AvgIpc) is 3.03. The number of aliphatic hydroxyl groups is 4. The minimum Gasteiger partial charge on any atom is -0.390 e. The summed E-state index contributed by atoms with van der Waals surface area (Å²) in [6.45, 7) is 10.5. The topological polar surface area (TPSA) is 80.9 Å². The lowest BCUT2D eigenvalue weighted by Gasteiger charge is -2.43. The molecular weight excluding hydrogens is 388 g/mol. The van der Waals surface area contributed by atoms with Crippen LogP contribution in [0.1, 0.15) is 86.0 Å². The zero-order valence-electron chi connectivity index (χ0n) is 20.1. The number of rotatable bonds is 7. The maximum absolute atomic E-state index is 10.4. The second kappa shape index (κ2) is 9.51. The largest absolute Gasteiger partial charge is 0.390 e. The number of hydrogen-bond acceptors (Lipinski definition) is 4. The average molecular weight is 433 g/mol. The Hall–Kier alpha value is -0.940. The second-order valence-corrected chi connectivity index (χ2v) is 11.4. The van der Waals surface area contributed by atoms with Crippen LogP contribution in [0.25, 0.3) is 0 Å². The van der Waals surface area contributed by atoms with Crippen molar-refractivity contribution >= 4 is 0 Å². The molecule has 0 radical (unpaired) electrons. The highest BCUT2D eigenvalue weighted by Crippen LogP contribution is 2.58. The minimum atomic E-state index is -0.928. The van der Waals surface area contributed by atoms with Crippen LogP contribution in [0.3, 0.4) is 0 Å². The first-order chi connectivity index (χ1) is 14.4. The van der Waals surface area contributed by atoms with Crippen molar-refractivity contribution in [3.8, 4) is 0 Å². The summed E-state index contributed by atoms with van der Waals surface area (Å²) >= 11 is 0. The first-order valence-corrected chi connectivity index (χ1v) is 12.3. The van der Waals surface area contributed by atoms with Crippen LogP contribution in [0.4, 0.5) is 0 Å². The van der Waals surface area contributed by atoms with Gasteiger partial charge in [-0.25, -0.2) is 0 Å². The molecule has 0 aromatic carbocycles. The van der Waals surface area contributed by atoms with E-state index in [4.69, 9.17) is 0 Å². The van der Waals surface area contributed by atoms with Gasteiger partial charge in [0, 0.05) is 6.42 Å². The van der Waals surface area contributed by atoms with Crippen LogP contribution < -0.4 is 0 Å². The predicted molar refractivity (Wildman–Crippen MR) is 125 cm³/mol. The maximum Gasteiger partial charge on any atom is 0.105 e. The number of fused-ring (bicyclic) bond motifs is 1. The number of allylic oxidation sites excluding steroid dienone is 3. The molecule has 0 saturated heterocycles. The lowest BCUT2D eigenvalue weighted by molar-refractivity contribution is 0.00107. The molecule has 0 heterocycles. The van der Waals surface area contributed by atoms with Gasteiger partial charge in [0.1, 0.15) is 6.10 Å². The molecule has 0 spiro atoms. The van der Waals surface area contributed by atoms with Gasteiger partial charge in [-0.3, -0.25) is 0 Å². The van der Waals surface area contributed by atoms with Gasteiger partial charge < -0.3 is 20.4 Å². The van der Waals surface area contributed by atoms with E-state index in [1.807, 2.05) is 26.8 Å². The Kier molecular flexibility index (Phi) is 7.57. The van der Waals surface area contributed by atoms with E-state index in [1.165, 1.54) is 31.3 Å². The van der Waals surface area contributed by atoms with Gasteiger partial charge >= 0.3 is 0 Å². The van der Waals surface area contributed by atoms with E-state index in [1.54, 1.807) is 0 Å². The summed E-state index contributed by atoms with van der Waals surface area (Å²) in [5.41, 5.74) is 2.48. The van der Waals surface area contributed by atoms with Gasteiger partial charge in [0.15, 0.2) is 0 Å². The molecule has 4 heteroatoms. The fourth-order valence-electron chi connectivity index (χ4n) is 6.62. The Bertz CT molecular complexity index is 728. The molecule has 0 amide bonds. The molecule has 1 fully saturated rings. The lowest BCUT2D eigenvalue weighted by atomic mass is 9.62. The third-order valence-corrected chi connectivity index (χ3v) is 8.57. The van der Waals surface area contributed by atoms with Crippen molar-refractivity contribution in [1.82, 2.24) is 0 Å². The van der Waals surface area contributed by atoms with E-state index < -0.39 is 23.9 Å². The molecule has 3 aliphatic rings. The summed E-state index contributed by atoms with van der Waals surface area (Å²) in [6.07, 6.45) is 11.9. The predicted octanol–water partition coefficient (Wildman–Crippen LogP) is 4.68. The maximum atomic E-state index is 10.4. The highest BCUT2D eigenvalue weighted by atomic mass is 16.3. The second-order valence-electron chi connectivity index (χ2n) is 11.4. The van der Waals surface area contributed by atoms with Crippen LogP contribution in [0.15, 0.2) is 34.9 Å². The fraction of sp³-hybridized carbons (Fsp3) is 0.778. The summed E-state index contributed by atoms with van der Waals surface area (Å²) in [6, 6.07) is 0. The van der Waals surface area contributed by atoms with Crippen LogP contribution in [0.5, 0.6) is 0 Å². The van der Waals surface area contributed by atoms with Crippen LogP contribution in [0.2, 0.25) is 0 Å². The van der Waals surface area contributed by atoms with Crippen molar-refractivity contribution in [3.63, 3.8) is 0 Å². The Morgan fingerprint density at radius 2 is 1.90 bits per heavy atom. The molecule has 4 nitrogen and oxygen atoms in total. The van der Waals surface area contributed by atoms with Crippen LogP contribution >= 0.6 is 0 Å². The smallest absolute Gasteiger partial charge is 0.105 e. The Labute approximate surface area is 188 Å². The van der Waals surface area contributed by atoms with Crippen molar-refractivity contribution in [2.75, 3.05) is 0 Å². The first-order valence-electron chi connectivity index (χ1n) is 12.3. The number of hydrogen-bond donors (Lipinski definition) is 4. The highest BCUT2D eigenvalue weighted by molar-refractivity contribution is 5.39. The van der Waals surface area contributed by atoms with E-state index in [9.17, 15) is 20.4 Å². The summed E-state index contributed by atoms with van der Waals surface area (Å²) in [7, 11) is 0. The van der Waals surface area contributed by atoms with Crippen LogP contribution in [0, 0.1) is 23.2 Å². The normalized spacial score (nSPS) is 37.8. The molecule has 7 atom stereocenters. The van der Waals surface area contributed by atoms with Crippen molar-refractivity contribution in [3.05, 3.63) is 34.9 Å². The molecule has 176 valence electrons. The van der Waals surface area contributed by atoms with Crippen molar-refractivity contribution < 1.29 is 20.4 Å². The van der Waals surface area contributed by atoms with Gasteiger partial charge in [-0.1, -0.05) is 44.9 Å². The molecule has 3 aliphatic carbocycles. The lowest BCUT2D eigenvalue weighted by Crippen LogP contribution is -2.37. The highest BCUT2D eigenvalue weighted by Gasteiger charge is 2.49. The SMILES string of the molecule is CC1=C(/C=C\C2=CCC[C@@]3(C)[C@@H]2CC[C@@H]3[C@H](C)CCCC(C)(C)O)[C@@H](O)[C@@H](O)C[C@@H]1O. The van der Waals surface area contributed by atoms with E-state index >= 15 is 0 Å². The third kappa shape index (κ3) is 5.35. The molecule has 0 aromatic heterocycles. The molecule has 1 saturated carbocycles. The zero-order valence-corrected chi connectivity index (χ0v) is 20.1. The Morgan fingerprint density at radius 1 is 1.19 bits per heavy atom. The van der Waals surface area contributed by atoms with Gasteiger partial charge in [0.2, 0.25) is 0 Å². The van der Waals surface area contributed by atoms with Gasteiger partial charge in [-0.15, -0.1) is 0 Å². The van der Waals surface area contributed by atoms with E-state index in [0.29, 0.717) is 23.3 Å². The van der Waals surface area contributed by atoms with Crippen molar-refractivity contribution in [1.29, 1.82) is 0 Å². The van der Waals surface area contributed by atoms with Gasteiger partial charge in [0.05, 0.1) is 17.8 Å². The standard InChI is InChI=1S/C27H44O4/c1-17(8-6-14-26(3,4)31)21-12-13-22-19(9-7-15-27(21,22)5)10-11-20-18(2)23(28)16-24(29)25(20)30/h9-11,17,21-25,28-31H,6-8,12-16H2,1-5H3/b11-10-/t17-,21-,22-,23+,24+,25-,27-/m1/s1. The summed E-state index contributed by atoms with van der Waals surface area (Å²) in [4.78, 5) is 0. The van der Waals surface area contributed by atoms with E-state index in [0.717, 1.165) is 24.8 Å². The molecule has 0 unspecified atom stereocenters. The molecular formula is C27H44O4. The van der Waals surface area contributed by atoms with Gasteiger partial charge in [-0.05, 0) is 92.8 Å². The van der Waals surface area contributed by atoms with E-state index in [2.05, 4.69) is 26.0 Å². The fourth-order valence-corrected chi connectivity index (χ4v) is 6.62. The Balaban J connectivity index is 1.71. The number of aliphatic hydroxyl groups excluding tert-OH is 3. The van der Waals surface area contributed by atoms with E-state index in [-0.39, 0.29) is 11.8 Å².